The van der Waals surface area contributed by atoms with Crippen LogP contribution < -0.4 is 5.73 Å². The van der Waals surface area contributed by atoms with E-state index in [2.05, 4.69) is 0 Å². The van der Waals surface area contributed by atoms with Gasteiger partial charge in [0.15, 0.2) is 6.23 Å². The molecule has 3 N–H and O–H groups in total. The Morgan fingerprint density at radius 1 is 1.48 bits per heavy atom. The summed E-state index contributed by atoms with van der Waals surface area (Å²) in [6.45, 7) is -0.280. The molecule has 1 aromatic carbocycles. The predicted octanol–water partition coefficient (Wildman–Crippen LogP) is 0.680. The molecule has 112 valence electrons. The number of carbonyl (C=O) groups is 2. The fourth-order valence-corrected chi connectivity index (χ4v) is 2.73. The summed E-state index contributed by atoms with van der Waals surface area (Å²) >= 11 is 0. The molecule has 1 amide bonds. The van der Waals surface area contributed by atoms with Gasteiger partial charge in [0.05, 0.1) is 0 Å². The number of amides is 1. The zero-order valence-electron chi connectivity index (χ0n) is 11.1. The minimum atomic E-state index is -1.48. The molecule has 2 aliphatic heterocycles. The second-order valence-corrected chi connectivity index (χ2v) is 5.17. The van der Waals surface area contributed by atoms with Gasteiger partial charge in [0, 0.05) is 18.5 Å². The lowest BCUT2D eigenvalue weighted by molar-refractivity contribution is -0.144. The highest BCUT2D eigenvalue weighted by molar-refractivity contribution is 5.99. The summed E-state index contributed by atoms with van der Waals surface area (Å²) in [4.78, 5) is 25.0. The highest BCUT2D eigenvalue weighted by Gasteiger charge is 2.55. The SMILES string of the molecule is NCC(F)CC(C(=O)O)N1C(=O)c2ccccc2C2OC21. The second kappa shape index (κ2) is 5.09. The van der Waals surface area contributed by atoms with Gasteiger partial charge in [0.25, 0.3) is 5.91 Å². The van der Waals surface area contributed by atoms with Crippen LogP contribution in [-0.2, 0) is 9.53 Å². The third kappa shape index (κ3) is 2.28. The van der Waals surface area contributed by atoms with E-state index in [1.54, 1.807) is 24.3 Å². The Labute approximate surface area is 120 Å². The molecular weight excluding hydrogens is 279 g/mol. The number of carboxylic acids is 1. The molecule has 2 heterocycles. The predicted molar refractivity (Wildman–Crippen MR) is 70.2 cm³/mol. The third-order valence-corrected chi connectivity index (χ3v) is 3.83. The first kappa shape index (κ1) is 14.0. The smallest absolute Gasteiger partial charge is 0.326 e. The van der Waals surface area contributed by atoms with Gasteiger partial charge in [0.2, 0.25) is 0 Å². The number of fused-ring (bicyclic) bond motifs is 3. The average molecular weight is 294 g/mol. The maximum absolute atomic E-state index is 13.5. The normalized spacial score (nSPS) is 25.8. The molecule has 0 aromatic heterocycles. The van der Waals surface area contributed by atoms with Crippen molar-refractivity contribution in [3.63, 3.8) is 0 Å². The molecule has 1 saturated heterocycles. The van der Waals surface area contributed by atoms with Gasteiger partial charge in [-0.1, -0.05) is 18.2 Å². The Morgan fingerprint density at radius 2 is 2.19 bits per heavy atom. The number of ether oxygens (including phenoxy) is 1. The number of alkyl halides is 1. The van der Waals surface area contributed by atoms with E-state index in [0.717, 1.165) is 10.5 Å². The summed E-state index contributed by atoms with van der Waals surface area (Å²) in [5.74, 6) is -1.70. The lowest BCUT2D eigenvalue weighted by atomic mass is 9.96. The summed E-state index contributed by atoms with van der Waals surface area (Å²) < 4.78 is 18.9. The van der Waals surface area contributed by atoms with E-state index in [1.807, 2.05) is 0 Å². The molecule has 4 atom stereocenters. The van der Waals surface area contributed by atoms with E-state index in [4.69, 9.17) is 10.5 Å². The van der Waals surface area contributed by atoms with E-state index < -0.39 is 30.3 Å². The largest absolute Gasteiger partial charge is 0.480 e. The fourth-order valence-electron chi connectivity index (χ4n) is 2.73. The van der Waals surface area contributed by atoms with Crippen LogP contribution in [0.25, 0.3) is 0 Å². The summed E-state index contributed by atoms with van der Waals surface area (Å²) in [7, 11) is 0. The number of rotatable bonds is 5. The first-order valence-electron chi connectivity index (χ1n) is 6.68. The standard InChI is InChI=1S/C14H15FN2O4/c15-7(6-16)5-10(14(19)20)17-12(18)9-4-2-1-3-8(9)11-13(17)21-11/h1-4,7,10-11,13H,5-6,16H2,(H,19,20). The van der Waals surface area contributed by atoms with Crippen molar-refractivity contribution in [2.75, 3.05) is 6.54 Å². The summed E-state index contributed by atoms with van der Waals surface area (Å²) in [5.41, 5.74) is 6.36. The Kier molecular flexibility index (Phi) is 3.38. The number of nitrogens with two attached hydrogens (primary N) is 1. The Morgan fingerprint density at radius 3 is 2.86 bits per heavy atom. The molecule has 0 saturated carbocycles. The molecule has 0 bridgehead atoms. The number of carboxylic acid groups (broad SMARTS) is 1. The van der Waals surface area contributed by atoms with Crippen LogP contribution in [0.4, 0.5) is 4.39 Å². The molecule has 21 heavy (non-hydrogen) atoms. The van der Waals surface area contributed by atoms with Gasteiger partial charge in [-0.05, 0) is 11.6 Å². The first-order chi connectivity index (χ1) is 10.0. The lowest BCUT2D eigenvalue weighted by Gasteiger charge is -2.31. The highest BCUT2D eigenvalue weighted by Crippen LogP contribution is 2.48. The van der Waals surface area contributed by atoms with Gasteiger partial charge >= 0.3 is 5.97 Å². The van der Waals surface area contributed by atoms with Crippen molar-refractivity contribution in [2.45, 2.75) is 31.0 Å². The van der Waals surface area contributed by atoms with Crippen LogP contribution in [0.1, 0.15) is 28.4 Å². The Hall–Kier alpha value is -1.99. The van der Waals surface area contributed by atoms with Crippen LogP contribution in [0, 0.1) is 0 Å². The lowest BCUT2D eigenvalue weighted by Crippen LogP contribution is -2.50. The number of benzene rings is 1. The Balaban J connectivity index is 1.92. The van der Waals surface area contributed by atoms with Gasteiger partial charge in [-0.25, -0.2) is 9.18 Å². The van der Waals surface area contributed by atoms with Crippen LogP contribution in [0.2, 0.25) is 0 Å². The number of carbonyl (C=O) groups excluding carboxylic acids is 1. The van der Waals surface area contributed by atoms with Gasteiger partial charge in [-0.3, -0.25) is 9.69 Å². The average Bonchev–Trinajstić information content (AvgIpc) is 3.26. The van der Waals surface area contributed by atoms with E-state index in [0.29, 0.717) is 5.56 Å². The molecule has 3 rings (SSSR count). The minimum absolute atomic E-state index is 0.280. The number of halogens is 1. The van der Waals surface area contributed by atoms with Crippen LogP contribution in [0.3, 0.4) is 0 Å². The van der Waals surface area contributed by atoms with Gasteiger partial charge in [-0.2, -0.15) is 0 Å². The summed E-state index contributed by atoms with van der Waals surface area (Å²) in [6, 6.07) is 5.62. The first-order valence-corrected chi connectivity index (χ1v) is 6.68. The zero-order chi connectivity index (χ0) is 15.1. The van der Waals surface area contributed by atoms with E-state index in [9.17, 15) is 19.1 Å². The molecule has 0 radical (unpaired) electrons. The maximum atomic E-state index is 13.5. The van der Waals surface area contributed by atoms with Crippen molar-refractivity contribution in [3.05, 3.63) is 35.4 Å². The molecule has 6 nitrogen and oxygen atoms in total. The van der Waals surface area contributed by atoms with Crippen LogP contribution in [0.5, 0.6) is 0 Å². The number of hydrogen-bond acceptors (Lipinski definition) is 4. The molecule has 4 unspecified atom stereocenters. The molecule has 1 aromatic rings. The zero-order valence-corrected chi connectivity index (χ0v) is 11.1. The second-order valence-electron chi connectivity index (χ2n) is 5.17. The number of aliphatic carboxylic acids is 1. The minimum Gasteiger partial charge on any atom is -0.480 e. The van der Waals surface area contributed by atoms with Gasteiger partial charge in [0.1, 0.15) is 18.3 Å². The van der Waals surface area contributed by atoms with E-state index >= 15 is 0 Å². The fraction of sp³-hybridized carbons (Fsp3) is 0.429. The van der Waals surface area contributed by atoms with Crippen molar-refractivity contribution in [3.8, 4) is 0 Å². The van der Waals surface area contributed by atoms with Crippen molar-refractivity contribution >= 4 is 11.9 Å². The van der Waals surface area contributed by atoms with Gasteiger partial charge < -0.3 is 15.6 Å². The highest BCUT2D eigenvalue weighted by atomic mass is 19.1. The third-order valence-electron chi connectivity index (χ3n) is 3.83. The van der Waals surface area contributed by atoms with Crippen LogP contribution in [0.15, 0.2) is 24.3 Å². The number of nitrogens with zero attached hydrogens (tertiary/aromatic N) is 1. The number of hydrogen-bond donors (Lipinski definition) is 2. The van der Waals surface area contributed by atoms with E-state index in [1.165, 1.54) is 0 Å². The molecule has 2 aliphatic rings. The van der Waals surface area contributed by atoms with Crippen molar-refractivity contribution < 1.29 is 23.8 Å². The molecule has 1 fully saturated rings. The maximum Gasteiger partial charge on any atom is 0.326 e. The molecule has 0 spiro atoms. The van der Waals surface area contributed by atoms with Gasteiger partial charge in [-0.15, -0.1) is 0 Å². The van der Waals surface area contributed by atoms with Crippen molar-refractivity contribution in [2.24, 2.45) is 5.73 Å². The number of epoxide rings is 1. The molecule has 0 aliphatic carbocycles. The summed E-state index contributed by atoms with van der Waals surface area (Å²) in [5, 5.41) is 9.32. The van der Waals surface area contributed by atoms with E-state index in [-0.39, 0.29) is 19.1 Å². The van der Waals surface area contributed by atoms with Crippen LogP contribution >= 0.6 is 0 Å². The van der Waals surface area contributed by atoms with Crippen LogP contribution in [-0.4, -0.2) is 46.9 Å². The monoisotopic (exact) mass is 294 g/mol. The summed E-state index contributed by atoms with van der Waals surface area (Å²) in [6.07, 6.45) is -2.77. The van der Waals surface area contributed by atoms with Crippen molar-refractivity contribution in [1.29, 1.82) is 0 Å². The van der Waals surface area contributed by atoms with Crippen molar-refractivity contribution in [1.82, 2.24) is 4.90 Å². The quantitative estimate of drug-likeness (QED) is 0.778. The Bertz CT molecular complexity index is 594. The molecule has 7 heteroatoms. The topological polar surface area (TPSA) is 96.2 Å². The molecular formula is C14H15FN2O4.